The summed E-state index contributed by atoms with van der Waals surface area (Å²) >= 11 is 0. The number of carbonyl (C=O) groups is 1. The van der Waals surface area contributed by atoms with Crippen molar-refractivity contribution in [3.05, 3.63) is 0 Å². The fourth-order valence-corrected chi connectivity index (χ4v) is 4.92. The third kappa shape index (κ3) is 4.35. The lowest BCUT2D eigenvalue weighted by atomic mass is 9.67. The molecule has 0 heterocycles. The molecule has 0 spiro atoms. The minimum Gasteiger partial charge on any atom is -0.353 e. The number of amides is 1. The lowest BCUT2D eigenvalue weighted by Gasteiger charge is -2.45. The van der Waals surface area contributed by atoms with Gasteiger partial charge in [-0.15, -0.1) is 12.4 Å². The maximum Gasteiger partial charge on any atom is 0.220 e. The van der Waals surface area contributed by atoms with E-state index in [1.165, 1.54) is 44.9 Å². The van der Waals surface area contributed by atoms with Crippen LogP contribution in [-0.4, -0.2) is 18.0 Å². The lowest BCUT2D eigenvalue weighted by Crippen LogP contribution is -2.53. The first-order chi connectivity index (χ1) is 9.72. The van der Waals surface area contributed by atoms with Gasteiger partial charge in [0, 0.05) is 18.5 Å². The molecular formula is C17H31ClN2O. The molecule has 0 aromatic rings. The number of nitrogens with two attached hydrogens (primary N) is 1. The van der Waals surface area contributed by atoms with Crippen molar-refractivity contribution < 1.29 is 4.79 Å². The number of hydrogen-bond donors (Lipinski definition) is 2. The second kappa shape index (κ2) is 7.82. The van der Waals surface area contributed by atoms with Gasteiger partial charge in [0.15, 0.2) is 0 Å². The van der Waals surface area contributed by atoms with Crippen LogP contribution in [-0.2, 0) is 4.79 Å². The summed E-state index contributed by atoms with van der Waals surface area (Å²) in [6.07, 6.45) is 13.4. The molecule has 3 aliphatic rings. The minimum atomic E-state index is 0. The molecule has 3 N–H and O–H groups in total. The van der Waals surface area contributed by atoms with E-state index in [4.69, 9.17) is 5.73 Å². The smallest absolute Gasteiger partial charge is 0.220 e. The van der Waals surface area contributed by atoms with Gasteiger partial charge in [0.1, 0.15) is 0 Å². The van der Waals surface area contributed by atoms with Crippen LogP contribution >= 0.6 is 12.4 Å². The Kier molecular flexibility index (Phi) is 6.36. The summed E-state index contributed by atoms with van der Waals surface area (Å²) in [7, 11) is 0. The molecular weight excluding hydrogens is 284 g/mol. The highest BCUT2D eigenvalue weighted by molar-refractivity contribution is 5.85. The topological polar surface area (TPSA) is 55.1 Å². The highest BCUT2D eigenvalue weighted by Crippen LogP contribution is 2.39. The predicted octanol–water partition coefficient (Wildman–Crippen LogP) is 3.40. The van der Waals surface area contributed by atoms with E-state index < -0.39 is 0 Å². The number of hydrogen-bond acceptors (Lipinski definition) is 2. The summed E-state index contributed by atoms with van der Waals surface area (Å²) in [5, 5.41) is 3.37. The van der Waals surface area contributed by atoms with Gasteiger partial charge in [0.2, 0.25) is 5.91 Å². The Balaban J connectivity index is 0.00000161. The average molecular weight is 315 g/mol. The molecule has 21 heavy (non-hydrogen) atoms. The molecule has 3 rings (SSSR count). The highest BCUT2D eigenvalue weighted by Gasteiger charge is 2.39. The average Bonchev–Trinajstić information content (AvgIpc) is 2.91. The second-order valence-electron chi connectivity index (χ2n) is 7.47. The van der Waals surface area contributed by atoms with Gasteiger partial charge >= 0.3 is 0 Å². The molecule has 3 nitrogen and oxygen atoms in total. The molecule has 0 radical (unpaired) electrons. The maximum absolute atomic E-state index is 12.2. The zero-order valence-electron chi connectivity index (χ0n) is 13.1. The summed E-state index contributed by atoms with van der Waals surface area (Å²) in [4.78, 5) is 12.2. The first kappa shape index (κ1) is 17.1. The number of nitrogens with one attached hydrogen (secondary N) is 1. The van der Waals surface area contributed by atoms with Crippen molar-refractivity contribution in [2.24, 2.45) is 23.5 Å². The van der Waals surface area contributed by atoms with Gasteiger partial charge in [-0.05, 0) is 49.9 Å². The van der Waals surface area contributed by atoms with Crippen LogP contribution in [0.5, 0.6) is 0 Å². The van der Waals surface area contributed by atoms with Crippen LogP contribution < -0.4 is 11.1 Å². The van der Waals surface area contributed by atoms with E-state index in [1.807, 2.05) is 0 Å². The number of halogens is 1. The molecule has 4 heteroatoms. The van der Waals surface area contributed by atoms with Crippen LogP contribution in [0.15, 0.2) is 0 Å². The Labute approximate surface area is 135 Å². The molecule has 2 atom stereocenters. The van der Waals surface area contributed by atoms with Crippen molar-refractivity contribution in [1.82, 2.24) is 5.32 Å². The minimum absolute atomic E-state index is 0. The van der Waals surface area contributed by atoms with Crippen molar-refractivity contribution in [2.45, 2.75) is 82.7 Å². The lowest BCUT2D eigenvalue weighted by molar-refractivity contribution is -0.123. The van der Waals surface area contributed by atoms with E-state index in [2.05, 4.69) is 5.32 Å². The van der Waals surface area contributed by atoms with Gasteiger partial charge in [-0.2, -0.15) is 0 Å². The van der Waals surface area contributed by atoms with E-state index in [9.17, 15) is 4.79 Å². The maximum atomic E-state index is 12.2. The molecule has 3 aliphatic carbocycles. The van der Waals surface area contributed by atoms with E-state index in [0.717, 1.165) is 31.6 Å². The Morgan fingerprint density at radius 1 is 1.00 bits per heavy atom. The van der Waals surface area contributed by atoms with Crippen LogP contribution in [0, 0.1) is 17.8 Å². The fraction of sp³-hybridized carbons (Fsp3) is 0.941. The molecule has 3 fully saturated rings. The molecule has 2 unspecified atom stereocenters. The Hall–Kier alpha value is -0.280. The molecule has 1 amide bonds. The van der Waals surface area contributed by atoms with Gasteiger partial charge in [-0.3, -0.25) is 4.79 Å². The van der Waals surface area contributed by atoms with Gasteiger partial charge in [0.25, 0.3) is 0 Å². The molecule has 3 saturated carbocycles. The summed E-state index contributed by atoms with van der Waals surface area (Å²) in [5.74, 6) is 2.41. The Morgan fingerprint density at radius 2 is 1.62 bits per heavy atom. The van der Waals surface area contributed by atoms with E-state index in [-0.39, 0.29) is 12.4 Å². The van der Waals surface area contributed by atoms with Gasteiger partial charge in [0.05, 0.1) is 0 Å². The first-order valence-electron chi connectivity index (χ1n) is 8.77. The summed E-state index contributed by atoms with van der Waals surface area (Å²) in [5.41, 5.74) is 6.15. The molecule has 122 valence electrons. The molecule has 0 saturated heterocycles. The highest BCUT2D eigenvalue weighted by atomic mass is 35.5. The number of carbonyl (C=O) groups excluding carboxylic acids is 1. The normalized spacial score (nSPS) is 36.0. The largest absolute Gasteiger partial charge is 0.353 e. The molecule has 0 aliphatic heterocycles. The van der Waals surface area contributed by atoms with E-state index in [0.29, 0.717) is 29.8 Å². The summed E-state index contributed by atoms with van der Waals surface area (Å²) in [6.45, 7) is 0. The van der Waals surface area contributed by atoms with Crippen molar-refractivity contribution in [1.29, 1.82) is 0 Å². The van der Waals surface area contributed by atoms with Crippen LogP contribution in [0.2, 0.25) is 0 Å². The van der Waals surface area contributed by atoms with Crippen molar-refractivity contribution in [3.8, 4) is 0 Å². The van der Waals surface area contributed by atoms with Crippen molar-refractivity contribution in [2.75, 3.05) is 0 Å². The van der Waals surface area contributed by atoms with Crippen molar-refractivity contribution >= 4 is 18.3 Å². The first-order valence-corrected chi connectivity index (χ1v) is 8.77. The summed E-state index contributed by atoms with van der Waals surface area (Å²) in [6, 6.07) is 0.802. The third-order valence-electron chi connectivity index (χ3n) is 5.96. The molecule has 0 aromatic heterocycles. The quantitative estimate of drug-likeness (QED) is 0.835. The summed E-state index contributed by atoms with van der Waals surface area (Å²) < 4.78 is 0. The van der Waals surface area contributed by atoms with E-state index in [1.54, 1.807) is 0 Å². The number of rotatable bonds is 4. The zero-order chi connectivity index (χ0) is 13.9. The van der Waals surface area contributed by atoms with Gasteiger partial charge < -0.3 is 11.1 Å². The fourth-order valence-electron chi connectivity index (χ4n) is 4.92. The number of fused-ring (bicyclic) bond motifs is 2. The van der Waals surface area contributed by atoms with Crippen LogP contribution in [0.25, 0.3) is 0 Å². The van der Waals surface area contributed by atoms with Crippen molar-refractivity contribution in [3.63, 3.8) is 0 Å². The monoisotopic (exact) mass is 314 g/mol. The molecule has 2 bridgehead atoms. The van der Waals surface area contributed by atoms with E-state index >= 15 is 0 Å². The van der Waals surface area contributed by atoms with Crippen LogP contribution in [0.4, 0.5) is 0 Å². The third-order valence-corrected chi connectivity index (χ3v) is 5.96. The SMILES string of the molecule is Cl.NC1CC2CCCC(C1)C2NC(=O)CCC1CCCC1. The predicted molar refractivity (Wildman–Crippen MR) is 88.4 cm³/mol. The molecule has 0 aromatic carbocycles. The Bertz CT molecular complexity index is 330. The standard InChI is InChI=1S/C17H30N2O.ClH/c18-15-10-13-6-3-7-14(11-15)17(13)19-16(20)9-8-12-4-1-2-5-12;/h12-15,17H,1-11,18H2,(H,19,20);1H. The van der Waals surface area contributed by atoms with Crippen LogP contribution in [0.3, 0.4) is 0 Å². The second-order valence-corrected chi connectivity index (χ2v) is 7.47. The Morgan fingerprint density at radius 3 is 2.24 bits per heavy atom. The zero-order valence-corrected chi connectivity index (χ0v) is 13.9. The van der Waals surface area contributed by atoms with Gasteiger partial charge in [-0.25, -0.2) is 0 Å². The van der Waals surface area contributed by atoms with Crippen LogP contribution in [0.1, 0.15) is 70.6 Å². The van der Waals surface area contributed by atoms with Gasteiger partial charge in [-0.1, -0.05) is 32.1 Å².